The van der Waals surface area contributed by atoms with Gasteiger partial charge in [0.15, 0.2) is 0 Å². The third-order valence-corrected chi connectivity index (χ3v) is 8.11. The van der Waals surface area contributed by atoms with Gasteiger partial charge in [-0.25, -0.2) is 8.42 Å². The number of rotatable bonds is 10. The predicted octanol–water partition coefficient (Wildman–Crippen LogP) is 4.22. The van der Waals surface area contributed by atoms with Gasteiger partial charge < -0.3 is 10.6 Å². The fourth-order valence-electron chi connectivity index (χ4n) is 4.07. The molecule has 180 valence electrons. The van der Waals surface area contributed by atoms with Gasteiger partial charge in [0.25, 0.3) is 0 Å². The van der Waals surface area contributed by atoms with Crippen LogP contribution >= 0.6 is 11.6 Å². The van der Waals surface area contributed by atoms with Crippen molar-refractivity contribution in [2.24, 2.45) is 0 Å². The maximum atomic E-state index is 12.6. The Morgan fingerprint density at radius 2 is 1.79 bits per heavy atom. The number of benzene rings is 2. The number of carbonyl (C=O) groups is 1. The zero-order chi connectivity index (χ0) is 24.0. The second kappa shape index (κ2) is 11.2. The molecule has 0 aliphatic carbocycles. The minimum atomic E-state index is -3.40. The van der Waals surface area contributed by atoms with Gasteiger partial charge >= 0.3 is 0 Å². The molecular formula is C25H29ClN4O3S. The van der Waals surface area contributed by atoms with Gasteiger partial charge in [-0.2, -0.15) is 4.31 Å². The number of anilines is 1. The Morgan fingerprint density at radius 3 is 2.56 bits per heavy atom. The minimum absolute atomic E-state index is 0.0160. The third-order valence-electron chi connectivity index (χ3n) is 5.96. The van der Waals surface area contributed by atoms with Crippen molar-refractivity contribution in [3.8, 4) is 0 Å². The summed E-state index contributed by atoms with van der Waals surface area (Å²) in [5, 5.41) is 8.00. The van der Waals surface area contributed by atoms with Crippen LogP contribution in [-0.4, -0.2) is 49.8 Å². The number of nitrogens with zero attached hydrogens (tertiary/aromatic N) is 2. The number of fused-ring (bicyclic) bond motifs is 1. The van der Waals surface area contributed by atoms with Crippen molar-refractivity contribution in [1.29, 1.82) is 0 Å². The van der Waals surface area contributed by atoms with Crippen LogP contribution in [0.1, 0.15) is 31.2 Å². The van der Waals surface area contributed by atoms with E-state index in [1.165, 1.54) is 4.31 Å². The van der Waals surface area contributed by atoms with Crippen LogP contribution < -0.4 is 10.6 Å². The van der Waals surface area contributed by atoms with Gasteiger partial charge in [-0.1, -0.05) is 23.7 Å². The monoisotopic (exact) mass is 500 g/mol. The molecular weight excluding hydrogens is 472 g/mol. The van der Waals surface area contributed by atoms with Crippen LogP contribution in [-0.2, 0) is 21.2 Å². The quantitative estimate of drug-likeness (QED) is 0.407. The summed E-state index contributed by atoms with van der Waals surface area (Å²) in [4.78, 5) is 16.9. The van der Waals surface area contributed by atoms with Crippen molar-refractivity contribution < 1.29 is 13.2 Å². The van der Waals surface area contributed by atoms with Crippen molar-refractivity contribution in [1.82, 2.24) is 14.6 Å². The zero-order valence-corrected chi connectivity index (χ0v) is 20.5. The Kier molecular flexibility index (Phi) is 8.03. The van der Waals surface area contributed by atoms with E-state index < -0.39 is 10.0 Å². The maximum Gasteiger partial charge on any atom is 0.243 e. The van der Waals surface area contributed by atoms with Crippen molar-refractivity contribution >= 4 is 44.1 Å². The highest BCUT2D eigenvalue weighted by atomic mass is 35.5. The summed E-state index contributed by atoms with van der Waals surface area (Å²) in [6.07, 6.45) is 5.29. The predicted molar refractivity (Wildman–Crippen MR) is 136 cm³/mol. The topological polar surface area (TPSA) is 91.4 Å². The first-order valence-corrected chi connectivity index (χ1v) is 13.4. The van der Waals surface area contributed by atoms with E-state index in [2.05, 4.69) is 15.6 Å². The van der Waals surface area contributed by atoms with Crippen LogP contribution in [0, 0.1) is 0 Å². The van der Waals surface area contributed by atoms with Gasteiger partial charge in [0.2, 0.25) is 15.9 Å². The molecule has 1 amide bonds. The summed E-state index contributed by atoms with van der Waals surface area (Å²) in [7, 11) is -3.40. The summed E-state index contributed by atoms with van der Waals surface area (Å²) < 4.78 is 26.7. The second-order valence-electron chi connectivity index (χ2n) is 8.41. The van der Waals surface area contributed by atoms with Crippen LogP contribution in [0.2, 0.25) is 5.02 Å². The smallest absolute Gasteiger partial charge is 0.243 e. The van der Waals surface area contributed by atoms with Crippen molar-refractivity contribution in [3.05, 3.63) is 65.3 Å². The molecule has 0 bridgehead atoms. The molecule has 0 radical (unpaired) electrons. The molecule has 9 heteroatoms. The first-order chi connectivity index (χ1) is 16.4. The number of aryl methyl sites for hydroxylation is 1. The number of hydrogen-bond donors (Lipinski definition) is 2. The maximum absolute atomic E-state index is 12.6. The molecule has 34 heavy (non-hydrogen) atoms. The number of aromatic nitrogens is 1. The van der Waals surface area contributed by atoms with Gasteiger partial charge in [-0.05, 0) is 67.6 Å². The summed E-state index contributed by atoms with van der Waals surface area (Å²) in [6, 6.07) is 14.4. The molecule has 0 atom stereocenters. The largest absolute Gasteiger partial charge is 0.384 e. The Morgan fingerprint density at radius 1 is 1.03 bits per heavy atom. The first-order valence-electron chi connectivity index (χ1n) is 11.6. The van der Waals surface area contributed by atoms with E-state index in [0.29, 0.717) is 42.4 Å². The molecule has 0 spiro atoms. The number of carbonyl (C=O) groups excluding carboxylic acids is 1. The molecule has 1 aliphatic rings. The second-order valence-corrected chi connectivity index (χ2v) is 10.8. The molecule has 0 unspecified atom stereocenters. The van der Waals surface area contributed by atoms with E-state index in [1.807, 2.05) is 24.3 Å². The van der Waals surface area contributed by atoms with E-state index in [4.69, 9.17) is 11.6 Å². The number of hydrogen-bond acceptors (Lipinski definition) is 5. The molecule has 2 heterocycles. The number of sulfonamides is 1. The molecule has 1 saturated heterocycles. The number of nitrogens with one attached hydrogen (secondary N) is 2. The highest BCUT2D eigenvalue weighted by Crippen LogP contribution is 2.24. The van der Waals surface area contributed by atoms with Crippen LogP contribution in [0.15, 0.2) is 59.6 Å². The molecule has 1 fully saturated rings. The number of pyridine rings is 1. The summed E-state index contributed by atoms with van der Waals surface area (Å²) >= 11 is 6.03. The molecule has 4 rings (SSSR count). The molecule has 1 aliphatic heterocycles. The fraction of sp³-hybridized carbons (Fsp3) is 0.360. The van der Waals surface area contributed by atoms with Crippen LogP contribution in [0.4, 0.5) is 5.69 Å². The Balaban J connectivity index is 1.17. The lowest BCUT2D eigenvalue weighted by Gasteiger charge is -2.15. The normalized spacial score (nSPS) is 14.4. The van der Waals surface area contributed by atoms with Gasteiger partial charge in [0.1, 0.15) is 0 Å². The zero-order valence-electron chi connectivity index (χ0n) is 19.0. The van der Waals surface area contributed by atoms with Crippen LogP contribution in [0.5, 0.6) is 0 Å². The van der Waals surface area contributed by atoms with E-state index >= 15 is 0 Å². The van der Waals surface area contributed by atoms with Crippen LogP contribution in [0.25, 0.3) is 10.9 Å². The van der Waals surface area contributed by atoms with Crippen LogP contribution in [0.3, 0.4) is 0 Å². The minimum Gasteiger partial charge on any atom is -0.384 e. The lowest BCUT2D eigenvalue weighted by molar-refractivity contribution is -0.121. The summed E-state index contributed by atoms with van der Waals surface area (Å²) in [6.45, 7) is 2.48. The van der Waals surface area contributed by atoms with Gasteiger partial charge in [0.05, 0.1) is 10.4 Å². The molecule has 1 aromatic heterocycles. The summed E-state index contributed by atoms with van der Waals surface area (Å²) in [5.74, 6) is -0.0160. The number of amides is 1. The van der Waals surface area contributed by atoms with Crippen molar-refractivity contribution in [2.45, 2.75) is 37.0 Å². The SMILES string of the molecule is O=C(CCc1ccc(S(=O)(=O)N2CCCC2)cc1)NCCCNc1ccnc2cc(Cl)ccc12. The number of halogens is 1. The highest BCUT2D eigenvalue weighted by Gasteiger charge is 2.26. The van der Waals surface area contributed by atoms with Crippen molar-refractivity contribution in [3.63, 3.8) is 0 Å². The van der Waals surface area contributed by atoms with E-state index in [-0.39, 0.29) is 5.91 Å². The molecule has 7 nitrogen and oxygen atoms in total. The average Bonchev–Trinajstić information content (AvgIpc) is 3.39. The fourth-order valence-corrected chi connectivity index (χ4v) is 5.75. The lowest BCUT2D eigenvalue weighted by Crippen LogP contribution is -2.27. The average molecular weight is 501 g/mol. The Hall–Kier alpha value is -2.68. The lowest BCUT2D eigenvalue weighted by atomic mass is 10.1. The van der Waals surface area contributed by atoms with Crippen molar-refractivity contribution in [2.75, 3.05) is 31.5 Å². The molecule has 2 aromatic carbocycles. The molecule has 2 N–H and O–H groups in total. The standard InChI is InChI=1S/C25H29ClN4O3S/c26-20-7-10-22-23(12-15-28-24(22)18-20)27-13-3-14-29-25(31)11-6-19-4-8-21(9-5-19)34(32,33)30-16-1-2-17-30/h4-5,7-10,12,15,18H,1-3,6,11,13-14,16-17H2,(H,27,28)(H,29,31). The Labute approximate surface area is 205 Å². The molecule has 3 aromatic rings. The molecule has 0 saturated carbocycles. The van der Waals surface area contributed by atoms with Gasteiger partial charge in [-0.15, -0.1) is 0 Å². The Bertz CT molecular complexity index is 1240. The third kappa shape index (κ3) is 6.05. The first kappa shape index (κ1) is 24.4. The van der Waals surface area contributed by atoms with Gasteiger partial charge in [-0.3, -0.25) is 9.78 Å². The van der Waals surface area contributed by atoms with E-state index in [9.17, 15) is 13.2 Å². The van der Waals surface area contributed by atoms with Gasteiger partial charge in [0, 0.05) is 54.9 Å². The highest BCUT2D eigenvalue weighted by molar-refractivity contribution is 7.89. The van der Waals surface area contributed by atoms with E-state index in [0.717, 1.165) is 48.0 Å². The van der Waals surface area contributed by atoms with E-state index in [1.54, 1.807) is 30.5 Å². The summed E-state index contributed by atoms with van der Waals surface area (Å²) in [5.41, 5.74) is 2.78.